The number of anilines is 1. The molecule has 2 N–H and O–H groups in total. The number of aromatic nitrogens is 5. The first-order valence-corrected chi connectivity index (χ1v) is 11.1. The number of nitrogens with one attached hydrogen (secondary N) is 1. The van der Waals surface area contributed by atoms with Crippen LogP contribution in [0.5, 0.6) is 0 Å². The number of ether oxygens (including phenoxy) is 2. The van der Waals surface area contributed by atoms with Crippen LogP contribution in [0.2, 0.25) is 0 Å². The van der Waals surface area contributed by atoms with Crippen LogP contribution in [-0.2, 0) is 15.1 Å². The Morgan fingerprint density at radius 1 is 1.16 bits per heavy atom. The highest BCUT2D eigenvalue weighted by Gasteiger charge is 2.47. The number of rotatable bonds is 3. The molecule has 1 spiro atoms. The van der Waals surface area contributed by atoms with Crippen LogP contribution in [0.3, 0.4) is 0 Å². The van der Waals surface area contributed by atoms with Gasteiger partial charge in [0.2, 0.25) is 0 Å². The number of morpholine rings is 1. The molecule has 5 heterocycles. The molecule has 9 nitrogen and oxygen atoms in total. The molecule has 0 bridgehead atoms. The van der Waals surface area contributed by atoms with E-state index >= 15 is 0 Å². The van der Waals surface area contributed by atoms with Gasteiger partial charge in [0.15, 0.2) is 11.5 Å². The molecule has 0 amide bonds. The SMILES string of the molecule is C[C@@H]1COCCN1c1cc(C2(O)CCC3(CC2)COC3)c2cnn(-c3cc[nH]n3)c2n1. The minimum absolute atomic E-state index is 0.213. The van der Waals surface area contributed by atoms with Gasteiger partial charge in [0.05, 0.1) is 44.3 Å². The molecule has 3 aliphatic rings. The van der Waals surface area contributed by atoms with Gasteiger partial charge in [-0.2, -0.15) is 14.9 Å². The lowest BCUT2D eigenvalue weighted by atomic mass is 9.65. The Morgan fingerprint density at radius 2 is 2.00 bits per heavy atom. The van der Waals surface area contributed by atoms with Crippen molar-refractivity contribution in [3.8, 4) is 5.82 Å². The number of pyridine rings is 1. The number of aliphatic hydroxyl groups is 1. The monoisotopic (exact) mass is 424 g/mol. The predicted molar refractivity (Wildman–Crippen MR) is 114 cm³/mol. The summed E-state index contributed by atoms with van der Waals surface area (Å²) in [5, 5.41) is 24.5. The first-order valence-electron chi connectivity index (χ1n) is 11.1. The highest BCUT2D eigenvalue weighted by Crippen LogP contribution is 2.50. The van der Waals surface area contributed by atoms with E-state index in [0.29, 0.717) is 19.0 Å². The predicted octanol–water partition coefficient (Wildman–Crippen LogP) is 2.15. The molecule has 6 rings (SSSR count). The molecule has 3 aromatic heterocycles. The van der Waals surface area contributed by atoms with E-state index in [9.17, 15) is 5.11 Å². The van der Waals surface area contributed by atoms with Crippen molar-refractivity contribution in [1.82, 2.24) is 25.0 Å². The summed E-state index contributed by atoms with van der Waals surface area (Å²) in [6, 6.07) is 4.16. The standard InChI is InChI=1S/C22H28N6O3/c1-15-12-30-9-8-27(15)19-10-17(22(29)5-3-21(4-6-22)13-31-14-21)16-11-24-28(20(16)25-19)18-2-7-23-26-18/h2,7,10-11,15,29H,3-6,8-9,12-14H2,1H3,(H,23,26)/t15-/m1/s1. The molecule has 1 atom stereocenters. The van der Waals surface area contributed by atoms with E-state index in [4.69, 9.17) is 14.5 Å². The topological polar surface area (TPSA) is 101 Å². The lowest BCUT2D eigenvalue weighted by Gasteiger charge is -2.49. The largest absolute Gasteiger partial charge is 0.385 e. The van der Waals surface area contributed by atoms with Gasteiger partial charge in [0, 0.05) is 29.6 Å². The smallest absolute Gasteiger partial charge is 0.177 e. The normalized spacial score (nSPS) is 25.1. The van der Waals surface area contributed by atoms with Gasteiger partial charge in [-0.3, -0.25) is 5.10 Å². The molecule has 1 saturated carbocycles. The van der Waals surface area contributed by atoms with Crippen molar-refractivity contribution in [2.75, 3.05) is 37.9 Å². The summed E-state index contributed by atoms with van der Waals surface area (Å²) in [4.78, 5) is 7.26. The van der Waals surface area contributed by atoms with Crippen molar-refractivity contribution in [3.05, 3.63) is 30.1 Å². The van der Waals surface area contributed by atoms with Gasteiger partial charge in [-0.15, -0.1) is 0 Å². The second kappa shape index (κ2) is 7.01. The summed E-state index contributed by atoms with van der Waals surface area (Å²) >= 11 is 0. The minimum Gasteiger partial charge on any atom is -0.385 e. The molecule has 2 saturated heterocycles. The van der Waals surface area contributed by atoms with E-state index in [2.05, 4.69) is 33.2 Å². The Kier molecular flexibility index (Phi) is 4.35. The molecule has 164 valence electrons. The molecule has 0 radical (unpaired) electrons. The number of fused-ring (bicyclic) bond motifs is 1. The average Bonchev–Trinajstić information content (AvgIpc) is 3.42. The summed E-state index contributed by atoms with van der Waals surface area (Å²) in [5.74, 6) is 1.54. The van der Waals surface area contributed by atoms with Crippen LogP contribution in [0.15, 0.2) is 24.5 Å². The molecular weight excluding hydrogens is 396 g/mol. The lowest BCUT2D eigenvalue weighted by Crippen LogP contribution is -2.48. The van der Waals surface area contributed by atoms with E-state index in [0.717, 1.165) is 67.9 Å². The van der Waals surface area contributed by atoms with E-state index in [1.54, 1.807) is 10.9 Å². The molecule has 2 aliphatic heterocycles. The van der Waals surface area contributed by atoms with Gasteiger partial charge >= 0.3 is 0 Å². The Labute approximate surface area is 180 Å². The van der Waals surface area contributed by atoms with Crippen molar-refractivity contribution >= 4 is 16.9 Å². The van der Waals surface area contributed by atoms with Crippen LogP contribution in [-0.4, -0.2) is 69.1 Å². The molecule has 1 aliphatic carbocycles. The van der Waals surface area contributed by atoms with Crippen molar-refractivity contribution in [1.29, 1.82) is 0 Å². The first-order chi connectivity index (χ1) is 15.1. The minimum atomic E-state index is -0.897. The number of H-pyrrole nitrogens is 1. The third kappa shape index (κ3) is 3.06. The molecule has 0 unspecified atom stereocenters. The second-order valence-electron chi connectivity index (χ2n) is 9.40. The van der Waals surface area contributed by atoms with E-state index in [1.807, 2.05) is 12.3 Å². The molecule has 31 heavy (non-hydrogen) atoms. The van der Waals surface area contributed by atoms with E-state index < -0.39 is 5.60 Å². The summed E-state index contributed by atoms with van der Waals surface area (Å²) in [7, 11) is 0. The second-order valence-corrected chi connectivity index (χ2v) is 9.40. The maximum Gasteiger partial charge on any atom is 0.177 e. The van der Waals surface area contributed by atoms with Crippen LogP contribution in [0, 0.1) is 5.41 Å². The van der Waals surface area contributed by atoms with E-state index in [-0.39, 0.29) is 11.5 Å². The fourth-order valence-electron chi connectivity index (χ4n) is 5.27. The Morgan fingerprint density at radius 3 is 2.68 bits per heavy atom. The Hall–Kier alpha value is -2.49. The zero-order valence-corrected chi connectivity index (χ0v) is 17.8. The molecular formula is C22H28N6O3. The summed E-state index contributed by atoms with van der Waals surface area (Å²) in [6.07, 6.45) is 6.98. The van der Waals surface area contributed by atoms with Gasteiger partial charge < -0.3 is 19.5 Å². The first kappa shape index (κ1) is 19.2. The molecule has 0 aromatic carbocycles. The zero-order chi connectivity index (χ0) is 21.1. The van der Waals surface area contributed by atoms with Crippen LogP contribution >= 0.6 is 0 Å². The van der Waals surface area contributed by atoms with Crippen molar-refractivity contribution in [3.63, 3.8) is 0 Å². The number of aromatic amines is 1. The maximum absolute atomic E-state index is 11.9. The maximum atomic E-state index is 11.9. The Balaban J connectivity index is 1.48. The highest BCUT2D eigenvalue weighted by molar-refractivity contribution is 5.83. The summed E-state index contributed by atoms with van der Waals surface area (Å²) < 4.78 is 12.9. The van der Waals surface area contributed by atoms with Gasteiger partial charge in [-0.25, -0.2) is 4.98 Å². The van der Waals surface area contributed by atoms with Crippen LogP contribution in [0.25, 0.3) is 16.9 Å². The fraction of sp³-hybridized carbons (Fsp3) is 0.591. The van der Waals surface area contributed by atoms with Crippen LogP contribution in [0.4, 0.5) is 5.82 Å². The summed E-state index contributed by atoms with van der Waals surface area (Å²) in [5.41, 5.74) is 1.01. The lowest BCUT2D eigenvalue weighted by molar-refractivity contribution is -0.161. The number of hydrogen-bond acceptors (Lipinski definition) is 7. The highest BCUT2D eigenvalue weighted by atomic mass is 16.5. The zero-order valence-electron chi connectivity index (χ0n) is 17.8. The fourth-order valence-corrected chi connectivity index (χ4v) is 5.27. The van der Waals surface area contributed by atoms with Crippen molar-refractivity contribution < 1.29 is 14.6 Å². The van der Waals surface area contributed by atoms with Gasteiger partial charge in [-0.05, 0) is 44.2 Å². The van der Waals surface area contributed by atoms with E-state index in [1.165, 1.54) is 0 Å². The van der Waals surface area contributed by atoms with Crippen molar-refractivity contribution in [2.24, 2.45) is 5.41 Å². The average molecular weight is 425 g/mol. The summed E-state index contributed by atoms with van der Waals surface area (Å²) in [6.45, 7) is 5.90. The molecule has 9 heteroatoms. The van der Waals surface area contributed by atoms with Crippen molar-refractivity contribution in [2.45, 2.75) is 44.2 Å². The quantitative estimate of drug-likeness (QED) is 0.664. The van der Waals surface area contributed by atoms with Crippen LogP contribution < -0.4 is 4.90 Å². The van der Waals surface area contributed by atoms with Gasteiger partial charge in [0.25, 0.3) is 0 Å². The third-order valence-electron chi connectivity index (χ3n) is 7.35. The number of nitrogens with zero attached hydrogens (tertiary/aromatic N) is 5. The molecule has 3 fully saturated rings. The molecule has 3 aromatic rings. The van der Waals surface area contributed by atoms with Gasteiger partial charge in [-0.1, -0.05) is 0 Å². The number of hydrogen-bond donors (Lipinski definition) is 2. The van der Waals surface area contributed by atoms with Gasteiger partial charge in [0.1, 0.15) is 5.82 Å². The van der Waals surface area contributed by atoms with Crippen LogP contribution in [0.1, 0.15) is 38.2 Å². The third-order valence-corrected chi connectivity index (χ3v) is 7.35. The Bertz CT molecular complexity index is 1080.